The minimum Gasteiger partial charge on any atom is -0.355 e. The van der Waals surface area contributed by atoms with Crippen molar-refractivity contribution in [3.05, 3.63) is 98.4 Å². The maximum Gasteiger partial charge on any atom is 0.269 e. The predicted molar refractivity (Wildman–Crippen MR) is 101 cm³/mol. The van der Waals surface area contributed by atoms with Crippen molar-refractivity contribution in [1.82, 2.24) is 4.98 Å². The first kappa shape index (κ1) is 17.6. The SMILES string of the molecule is Cc1ccc(C(=O)c2ccc(C(C)c3ccc([N+](=O)[O-])cc3)[nH]2)c(C)c1. The fourth-order valence-corrected chi connectivity index (χ4v) is 3.07. The van der Waals surface area contributed by atoms with Gasteiger partial charge >= 0.3 is 0 Å². The Bertz CT molecular complexity index is 971. The summed E-state index contributed by atoms with van der Waals surface area (Å²) in [6.07, 6.45) is 0. The van der Waals surface area contributed by atoms with Gasteiger partial charge < -0.3 is 4.98 Å². The van der Waals surface area contributed by atoms with Crippen LogP contribution in [0.15, 0.2) is 54.6 Å². The molecule has 3 aromatic rings. The molecular formula is C21H20N2O3. The van der Waals surface area contributed by atoms with E-state index < -0.39 is 4.92 Å². The van der Waals surface area contributed by atoms with Crippen molar-refractivity contribution < 1.29 is 9.72 Å². The monoisotopic (exact) mass is 348 g/mol. The van der Waals surface area contributed by atoms with Crippen LogP contribution < -0.4 is 0 Å². The lowest BCUT2D eigenvalue weighted by Crippen LogP contribution is -2.05. The van der Waals surface area contributed by atoms with Crippen molar-refractivity contribution in [3.63, 3.8) is 0 Å². The Balaban J connectivity index is 1.84. The Kier molecular flexibility index (Phi) is 4.71. The summed E-state index contributed by atoms with van der Waals surface area (Å²) in [7, 11) is 0. The van der Waals surface area contributed by atoms with Crippen molar-refractivity contribution in [2.75, 3.05) is 0 Å². The molecule has 5 nitrogen and oxygen atoms in total. The van der Waals surface area contributed by atoms with E-state index in [9.17, 15) is 14.9 Å². The Morgan fingerprint density at radius 3 is 2.35 bits per heavy atom. The van der Waals surface area contributed by atoms with Crippen LogP contribution in [-0.2, 0) is 0 Å². The van der Waals surface area contributed by atoms with Gasteiger partial charge in [0.15, 0.2) is 0 Å². The number of nitro benzene ring substituents is 1. The number of H-pyrrole nitrogens is 1. The van der Waals surface area contributed by atoms with E-state index in [2.05, 4.69) is 4.98 Å². The third-order valence-corrected chi connectivity index (χ3v) is 4.65. The average Bonchev–Trinajstić information content (AvgIpc) is 3.11. The maximum atomic E-state index is 12.8. The number of rotatable bonds is 5. The summed E-state index contributed by atoms with van der Waals surface area (Å²) in [5, 5.41) is 10.8. The minimum atomic E-state index is -0.413. The van der Waals surface area contributed by atoms with Gasteiger partial charge in [0.2, 0.25) is 5.78 Å². The van der Waals surface area contributed by atoms with Gasteiger partial charge in [0.1, 0.15) is 0 Å². The number of hydrogen-bond donors (Lipinski definition) is 1. The average molecular weight is 348 g/mol. The highest BCUT2D eigenvalue weighted by Crippen LogP contribution is 2.26. The van der Waals surface area contributed by atoms with E-state index in [4.69, 9.17) is 0 Å². The van der Waals surface area contributed by atoms with Crippen molar-refractivity contribution in [1.29, 1.82) is 0 Å². The molecule has 0 saturated heterocycles. The molecule has 0 saturated carbocycles. The molecule has 1 heterocycles. The molecule has 5 heteroatoms. The second-order valence-electron chi connectivity index (χ2n) is 6.55. The van der Waals surface area contributed by atoms with Gasteiger partial charge in [-0.15, -0.1) is 0 Å². The number of ketones is 1. The Morgan fingerprint density at radius 1 is 1.04 bits per heavy atom. The molecule has 0 spiro atoms. The van der Waals surface area contributed by atoms with E-state index in [0.29, 0.717) is 11.3 Å². The number of nitro groups is 1. The van der Waals surface area contributed by atoms with Crippen molar-refractivity contribution in [2.24, 2.45) is 0 Å². The summed E-state index contributed by atoms with van der Waals surface area (Å²) in [5.74, 6) is -0.0406. The summed E-state index contributed by atoms with van der Waals surface area (Å²) < 4.78 is 0. The fraction of sp³-hybridized carbons (Fsp3) is 0.190. The molecule has 1 N–H and O–H groups in total. The molecule has 2 aromatic carbocycles. The lowest BCUT2D eigenvalue weighted by atomic mass is 9.98. The zero-order chi connectivity index (χ0) is 18.8. The highest BCUT2D eigenvalue weighted by atomic mass is 16.6. The van der Waals surface area contributed by atoms with Crippen LogP contribution >= 0.6 is 0 Å². The molecule has 0 fully saturated rings. The van der Waals surface area contributed by atoms with E-state index in [-0.39, 0.29) is 17.4 Å². The largest absolute Gasteiger partial charge is 0.355 e. The van der Waals surface area contributed by atoms with Gasteiger partial charge in [-0.05, 0) is 37.1 Å². The van der Waals surface area contributed by atoms with Crippen LogP contribution in [0.3, 0.4) is 0 Å². The van der Waals surface area contributed by atoms with Crippen molar-refractivity contribution in [3.8, 4) is 0 Å². The molecule has 0 aliphatic heterocycles. The molecule has 0 aliphatic carbocycles. The predicted octanol–water partition coefficient (Wildman–Crippen LogP) is 4.92. The van der Waals surface area contributed by atoms with E-state index in [1.54, 1.807) is 18.2 Å². The summed E-state index contributed by atoms with van der Waals surface area (Å²) in [6.45, 7) is 5.93. The molecule has 1 atom stereocenters. The fourth-order valence-electron chi connectivity index (χ4n) is 3.07. The van der Waals surface area contributed by atoms with Crippen LogP contribution in [0.1, 0.15) is 51.3 Å². The van der Waals surface area contributed by atoms with Crippen LogP contribution in [0.4, 0.5) is 5.69 Å². The van der Waals surface area contributed by atoms with Crippen LogP contribution in [0.25, 0.3) is 0 Å². The molecular weight excluding hydrogens is 328 g/mol. The molecule has 3 rings (SSSR count). The Labute approximate surface area is 151 Å². The highest BCUT2D eigenvalue weighted by Gasteiger charge is 2.17. The normalized spacial score (nSPS) is 12.0. The van der Waals surface area contributed by atoms with Crippen molar-refractivity contribution >= 4 is 11.5 Å². The second-order valence-corrected chi connectivity index (χ2v) is 6.55. The van der Waals surface area contributed by atoms with Gasteiger partial charge in [-0.25, -0.2) is 0 Å². The minimum absolute atomic E-state index is 0.00327. The van der Waals surface area contributed by atoms with E-state index in [1.165, 1.54) is 12.1 Å². The first-order chi connectivity index (χ1) is 12.4. The van der Waals surface area contributed by atoms with Crippen molar-refractivity contribution in [2.45, 2.75) is 26.7 Å². The number of non-ortho nitro benzene ring substituents is 1. The number of carbonyl (C=O) groups excluding carboxylic acids is 1. The lowest BCUT2D eigenvalue weighted by Gasteiger charge is -2.10. The molecule has 0 amide bonds. The first-order valence-electron chi connectivity index (χ1n) is 8.42. The second kappa shape index (κ2) is 6.96. The van der Waals surface area contributed by atoms with Crippen LogP contribution in [0.2, 0.25) is 0 Å². The molecule has 1 unspecified atom stereocenters. The zero-order valence-corrected chi connectivity index (χ0v) is 14.9. The first-order valence-corrected chi connectivity index (χ1v) is 8.42. The smallest absolute Gasteiger partial charge is 0.269 e. The molecule has 26 heavy (non-hydrogen) atoms. The number of aromatic amines is 1. The molecule has 0 aliphatic rings. The van der Waals surface area contributed by atoms with Crippen LogP contribution in [0, 0.1) is 24.0 Å². The van der Waals surface area contributed by atoms with Gasteiger partial charge in [-0.1, -0.05) is 42.8 Å². The standard InChI is InChI=1S/C21H20N2O3/c1-13-4-9-18(14(2)12-13)21(24)20-11-10-19(22-20)15(3)16-5-7-17(8-6-16)23(25)26/h4-12,15,22H,1-3H3. The summed E-state index contributed by atoms with van der Waals surface area (Å²) in [4.78, 5) is 26.3. The quantitative estimate of drug-likeness (QED) is 0.404. The molecule has 1 aromatic heterocycles. The molecule has 0 bridgehead atoms. The zero-order valence-electron chi connectivity index (χ0n) is 14.9. The maximum absolute atomic E-state index is 12.8. The molecule has 0 radical (unpaired) electrons. The van der Waals surface area contributed by atoms with Gasteiger partial charge in [-0.3, -0.25) is 14.9 Å². The van der Waals surface area contributed by atoms with E-state index in [1.807, 2.05) is 45.0 Å². The van der Waals surface area contributed by atoms with E-state index in [0.717, 1.165) is 22.4 Å². The van der Waals surface area contributed by atoms with Gasteiger partial charge in [0, 0.05) is 29.3 Å². The summed E-state index contributed by atoms with van der Waals surface area (Å²) in [5.41, 5.74) is 5.22. The number of nitrogens with one attached hydrogen (secondary N) is 1. The number of nitrogens with zero attached hydrogens (tertiary/aromatic N) is 1. The number of hydrogen-bond acceptors (Lipinski definition) is 3. The van der Waals surface area contributed by atoms with Gasteiger partial charge in [0.05, 0.1) is 10.6 Å². The Hall–Kier alpha value is -3.21. The molecule has 132 valence electrons. The highest BCUT2D eigenvalue weighted by molar-refractivity contribution is 6.08. The topological polar surface area (TPSA) is 76.0 Å². The van der Waals surface area contributed by atoms with E-state index >= 15 is 0 Å². The number of aromatic nitrogens is 1. The van der Waals surface area contributed by atoms with Gasteiger partial charge in [-0.2, -0.15) is 0 Å². The number of benzene rings is 2. The lowest BCUT2D eigenvalue weighted by molar-refractivity contribution is -0.384. The van der Waals surface area contributed by atoms with Crippen LogP contribution in [0.5, 0.6) is 0 Å². The summed E-state index contributed by atoms with van der Waals surface area (Å²) in [6, 6.07) is 16.0. The van der Waals surface area contributed by atoms with Crippen LogP contribution in [-0.4, -0.2) is 15.7 Å². The van der Waals surface area contributed by atoms with Gasteiger partial charge in [0.25, 0.3) is 5.69 Å². The summed E-state index contributed by atoms with van der Waals surface area (Å²) >= 11 is 0. The number of carbonyl (C=O) groups is 1. The third kappa shape index (κ3) is 3.42. The number of aryl methyl sites for hydroxylation is 2. The Morgan fingerprint density at radius 2 is 1.73 bits per heavy atom. The third-order valence-electron chi connectivity index (χ3n) is 4.65.